The van der Waals surface area contributed by atoms with Crippen LogP contribution in [0.25, 0.3) is 0 Å². The fraction of sp³-hybridized carbons (Fsp3) is 0.636. The molecular formula is C22H33N3O4. The van der Waals surface area contributed by atoms with Crippen molar-refractivity contribution < 1.29 is 19.1 Å². The molecule has 29 heavy (non-hydrogen) atoms. The third-order valence-electron chi connectivity index (χ3n) is 5.85. The molecule has 160 valence electrons. The molecule has 2 heterocycles. The zero-order chi connectivity index (χ0) is 21.2. The maximum absolute atomic E-state index is 12.8. The molecule has 0 bridgehead atoms. The van der Waals surface area contributed by atoms with E-state index < -0.39 is 0 Å². The standard InChI is InChI=1S/C22H33N3O4/c1-15-11-24(12-16(2)29-15)22(3,4)14-23-21(27)17-10-20(26)25(13-17)18-6-8-19(28-5)9-7-18/h6-9,15-17H,10-14H2,1-5H3,(H,23,27)/t15-,16-,17+/m0/s1. The van der Waals surface area contributed by atoms with Crippen LogP contribution in [0.15, 0.2) is 24.3 Å². The number of nitrogens with one attached hydrogen (secondary N) is 1. The van der Waals surface area contributed by atoms with Gasteiger partial charge in [-0.1, -0.05) is 0 Å². The summed E-state index contributed by atoms with van der Waals surface area (Å²) in [6, 6.07) is 7.34. The first-order valence-electron chi connectivity index (χ1n) is 10.3. The normalized spacial score (nSPS) is 25.9. The number of nitrogens with zero attached hydrogens (tertiary/aromatic N) is 2. The number of carbonyl (C=O) groups excluding carboxylic acids is 2. The summed E-state index contributed by atoms with van der Waals surface area (Å²) in [5, 5.41) is 3.08. The van der Waals surface area contributed by atoms with Gasteiger partial charge in [0.25, 0.3) is 0 Å². The maximum atomic E-state index is 12.8. The second-order valence-electron chi connectivity index (χ2n) is 8.80. The molecule has 0 unspecified atom stereocenters. The largest absolute Gasteiger partial charge is 0.497 e. The van der Waals surface area contributed by atoms with Gasteiger partial charge in [-0.25, -0.2) is 0 Å². The number of carbonyl (C=O) groups is 2. The Morgan fingerprint density at radius 1 is 1.17 bits per heavy atom. The minimum absolute atomic E-state index is 0.0228. The van der Waals surface area contributed by atoms with E-state index in [1.807, 2.05) is 24.3 Å². The summed E-state index contributed by atoms with van der Waals surface area (Å²) in [6.07, 6.45) is 0.600. The van der Waals surface area contributed by atoms with Crippen molar-refractivity contribution >= 4 is 17.5 Å². The van der Waals surface area contributed by atoms with Crippen molar-refractivity contribution in [2.24, 2.45) is 5.92 Å². The van der Waals surface area contributed by atoms with Gasteiger partial charge in [-0.05, 0) is 52.0 Å². The summed E-state index contributed by atoms with van der Waals surface area (Å²) in [5.41, 5.74) is 0.614. The first kappa shape index (κ1) is 21.6. The van der Waals surface area contributed by atoms with Crippen LogP contribution < -0.4 is 15.0 Å². The highest BCUT2D eigenvalue weighted by molar-refractivity contribution is 6.00. The lowest BCUT2D eigenvalue weighted by atomic mass is 9.99. The van der Waals surface area contributed by atoms with Gasteiger partial charge < -0.3 is 19.7 Å². The third kappa shape index (κ3) is 5.08. The lowest BCUT2D eigenvalue weighted by Crippen LogP contribution is -2.59. The molecule has 1 aromatic carbocycles. The predicted molar refractivity (Wildman–Crippen MR) is 112 cm³/mol. The van der Waals surface area contributed by atoms with E-state index in [4.69, 9.17) is 9.47 Å². The van der Waals surface area contributed by atoms with Gasteiger partial charge >= 0.3 is 0 Å². The molecule has 0 spiro atoms. The number of rotatable bonds is 6. The Bertz CT molecular complexity index is 724. The topological polar surface area (TPSA) is 71.1 Å². The van der Waals surface area contributed by atoms with Crippen molar-refractivity contribution in [1.82, 2.24) is 10.2 Å². The van der Waals surface area contributed by atoms with Crippen LogP contribution >= 0.6 is 0 Å². The van der Waals surface area contributed by atoms with E-state index in [-0.39, 0.29) is 41.9 Å². The molecule has 0 saturated carbocycles. The van der Waals surface area contributed by atoms with Gasteiger partial charge in [0.15, 0.2) is 0 Å². The highest BCUT2D eigenvalue weighted by Crippen LogP contribution is 2.27. The summed E-state index contributed by atoms with van der Waals surface area (Å²) in [4.78, 5) is 29.3. The minimum atomic E-state index is -0.331. The number of hydrogen-bond donors (Lipinski definition) is 1. The molecule has 2 aliphatic rings. The third-order valence-corrected chi connectivity index (χ3v) is 5.85. The molecule has 2 amide bonds. The number of anilines is 1. The molecule has 3 atom stereocenters. The summed E-state index contributed by atoms with van der Waals surface area (Å²) in [5.74, 6) is 0.328. The lowest BCUT2D eigenvalue weighted by molar-refractivity contribution is -0.127. The van der Waals surface area contributed by atoms with Crippen LogP contribution in [0.1, 0.15) is 34.1 Å². The molecule has 0 aromatic heterocycles. The first-order chi connectivity index (χ1) is 13.7. The molecule has 3 rings (SSSR count). The number of amides is 2. The molecule has 2 fully saturated rings. The van der Waals surface area contributed by atoms with Crippen molar-refractivity contribution in [2.75, 3.05) is 38.2 Å². The van der Waals surface area contributed by atoms with Gasteiger partial charge in [-0.2, -0.15) is 0 Å². The SMILES string of the molecule is COc1ccc(N2C[C@H](C(=O)NCC(C)(C)N3C[C@H](C)O[C@@H](C)C3)CC2=O)cc1. The summed E-state index contributed by atoms with van der Waals surface area (Å²) in [7, 11) is 1.61. The number of methoxy groups -OCH3 is 1. The van der Waals surface area contributed by atoms with Crippen molar-refractivity contribution in [1.29, 1.82) is 0 Å². The average molecular weight is 404 g/mol. The number of morpholine rings is 1. The maximum Gasteiger partial charge on any atom is 0.227 e. The van der Waals surface area contributed by atoms with E-state index in [1.54, 1.807) is 12.0 Å². The highest BCUT2D eigenvalue weighted by Gasteiger charge is 2.37. The zero-order valence-electron chi connectivity index (χ0n) is 18.1. The zero-order valence-corrected chi connectivity index (χ0v) is 18.1. The van der Waals surface area contributed by atoms with Crippen molar-refractivity contribution in [3.8, 4) is 5.75 Å². The summed E-state index contributed by atoms with van der Waals surface area (Å²) >= 11 is 0. The molecule has 7 nitrogen and oxygen atoms in total. The molecule has 0 radical (unpaired) electrons. The Hall–Kier alpha value is -2.12. The van der Waals surface area contributed by atoms with E-state index in [0.717, 1.165) is 24.5 Å². The van der Waals surface area contributed by atoms with Gasteiger partial charge in [0.05, 0.1) is 25.2 Å². The van der Waals surface area contributed by atoms with Crippen LogP contribution in [-0.2, 0) is 14.3 Å². The smallest absolute Gasteiger partial charge is 0.227 e. The Morgan fingerprint density at radius 2 is 1.79 bits per heavy atom. The van der Waals surface area contributed by atoms with Crippen molar-refractivity contribution in [2.45, 2.75) is 51.9 Å². The molecule has 7 heteroatoms. The second kappa shape index (κ2) is 8.71. The Morgan fingerprint density at radius 3 is 2.38 bits per heavy atom. The number of hydrogen-bond acceptors (Lipinski definition) is 5. The van der Waals surface area contributed by atoms with E-state index in [0.29, 0.717) is 13.1 Å². The molecule has 1 aromatic rings. The quantitative estimate of drug-likeness (QED) is 0.787. The predicted octanol–water partition coefficient (Wildman–Crippen LogP) is 2.05. The van der Waals surface area contributed by atoms with E-state index in [9.17, 15) is 9.59 Å². The Balaban J connectivity index is 1.56. The number of ether oxygens (including phenoxy) is 2. The highest BCUT2D eigenvalue weighted by atomic mass is 16.5. The monoisotopic (exact) mass is 403 g/mol. The van der Waals surface area contributed by atoms with Crippen LogP contribution in [0, 0.1) is 5.92 Å². The van der Waals surface area contributed by atoms with Crippen LogP contribution in [0.5, 0.6) is 5.75 Å². The van der Waals surface area contributed by atoms with Crippen molar-refractivity contribution in [3.63, 3.8) is 0 Å². The lowest BCUT2D eigenvalue weighted by Gasteiger charge is -2.45. The fourth-order valence-corrected chi connectivity index (χ4v) is 4.13. The van der Waals surface area contributed by atoms with Crippen LogP contribution in [0.3, 0.4) is 0 Å². The minimum Gasteiger partial charge on any atom is -0.497 e. The second-order valence-corrected chi connectivity index (χ2v) is 8.80. The van der Waals surface area contributed by atoms with Gasteiger partial charge in [-0.15, -0.1) is 0 Å². The first-order valence-corrected chi connectivity index (χ1v) is 10.3. The Labute approximate surface area is 173 Å². The average Bonchev–Trinajstić information content (AvgIpc) is 3.07. The van der Waals surface area contributed by atoms with Gasteiger partial charge in [-0.3, -0.25) is 14.5 Å². The fourth-order valence-electron chi connectivity index (χ4n) is 4.13. The van der Waals surface area contributed by atoms with Crippen LogP contribution in [0.2, 0.25) is 0 Å². The van der Waals surface area contributed by atoms with Crippen LogP contribution in [0.4, 0.5) is 5.69 Å². The van der Waals surface area contributed by atoms with Gasteiger partial charge in [0.2, 0.25) is 11.8 Å². The van der Waals surface area contributed by atoms with E-state index in [2.05, 4.69) is 37.9 Å². The Kier molecular flexibility index (Phi) is 6.49. The molecule has 1 N–H and O–H groups in total. The van der Waals surface area contributed by atoms with Gasteiger partial charge in [0, 0.05) is 43.8 Å². The summed E-state index contributed by atoms with van der Waals surface area (Å²) in [6.45, 7) is 11.1. The van der Waals surface area contributed by atoms with Gasteiger partial charge in [0.1, 0.15) is 5.75 Å². The molecule has 2 saturated heterocycles. The molecule has 0 aliphatic carbocycles. The van der Waals surface area contributed by atoms with Crippen molar-refractivity contribution in [3.05, 3.63) is 24.3 Å². The number of benzene rings is 1. The van der Waals surface area contributed by atoms with E-state index >= 15 is 0 Å². The molecular weight excluding hydrogens is 370 g/mol. The van der Waals surface area contributed by atoms with Crippen LogP contribution in [-0.4, -0.2) is 67.7 Å². The molecule has 2 aliphatic heterocycles. The summed E-state index contributed by atoms with van der Waals surface area (Å²) < 4.78 is 11.0. The van der Waals surface area contributed by atoms with E-state index in [1.165, 1.54) is 0 Å².